The van der Waals surface area contributed by atoms with E-state index >= 15 is 0 Å². The molecule has 2 aromatic carbocycles. The summed E-state index contributed by atoms with van der Waals surface area (Å²) >= 11 is 0. The summed E-state index contributed by atoms with van der Waals surface area (Å²) in [5.74, 6) is -1.87. The van der Waals surface area contributed by atoms with E-state index < -0.39 is 53.9 Å². The number of nitrogens with zero attached hydrogens (tertiary/aromatic N) is 1. The first-order valence-electron chi connectivity index (χ1n) is 18.0. The van der Waals surface area contributed by atoms with Crippen molar-refractivity contribution in [1.29, 1.82) is 0 Å². The second-order valence-corrected chi connectivity index (χ2v) is 14.0. The number of nitrogens with one attached hydrogen (secondary N) is 4. The summed E-state index contributed by atoms with van der Waals surface area (Å²) in [5.41, 5.74) is 6.70. The fourth-order valence-corrected chi connectivity index (χ4v) is 6.08. The molecule has 3 aromatic rings. The number of unbranched alkanes of at least 4 members (excludes halogenated alkanes) is 1. The van der Waals surface area contributed by atoms with Gasteiger partial charge in [-0.15, -0.1) is 0 Å². The van der Waals surface area contributed by atoms with Crippen LogP contribution in [0.15, 0.2) is 67.0 Å². The minimum atomic E-state index is -1.21. The highest BCUT2D eigenvalue weighted by Gasteiger charge is 2.32. The van der Waals surface area contributed by atoms with Gasteiger partial charge in [0.15, 0.2) is 0 Å². The molecule has 0 aliphatic carbocycles. The van der Waals surface area contributed by atoms with Crippen LogP contribution >= 0.6 is 0 Å². The lowest BCUT2D eigenvalue weighted by Crippen LogP contribution is -2.57. The quantitative estimate of drug-likeness (QED) is 0.0822. The zero-order chi connectivity index (χ0) is 37.3. The molecule has 12 nitrogen and oxygen atoms in total. The first-order chi connectivity index (χ1) is 24.4. The maximum absolute atomic E-state index is 14.1. The molecule has 5 atom stereocenters. The van der Waals surface area contributed by atoms with Crippen molar-refractivity contribution in [2.75, 3.05) is 13.2 Å². The number of pyridine rings is 1. The minimum Gasteiger partial charge on any atom is -0.394 e. The van der Waals surface area contributed by atoms with Crippen molar-refractivity contribution in [2.24, 2.45) is 17.6 Å². The van der Waals surface area contributed by atoms with Gasteiger partial charge < -0.3 is 37.2 Å². The Kier molecular flexibility index (Phi) is 17.0. The zero-order valence-corrected chi connectivity index (χ0v) is 30.3. The van der Waals surface area contributed by atoms with Crippen LogP contribution in [0.25, 0.3) is 10.8 Å². The maximum atomic E-state index is 14.1. The molecule has 1 aromatic heterocycles. The Balaban J connectivity index is 1.80. The average Bonchev–Trinajstić information content (AvgIpc) is 3.10. The van der Waals surface area contributed by atoms with Gasteiger partial charge in [0.2, 0.25) is 17.7 Å². The molecule has 0 unspecified atom stereocenters. The van der Waals surface area contributed by atoms with Crippen molar-refractivity contribution in [3.63, 3.8) is 0 Å². The van der Waals surface area contributed by atoms with Gasteiger partial charge >= 0.3 is 0 Å². The Bertz CT molecular complexity index is 1550. The summed E-state index contributed by atoms with van der Waals surface area (Å²) in [6.45, 7) is 8.03. The minimum absolute atomic E-state index is 0.0106. The third kappa shape index (κ3) is 13.7. The van der Waals surface area contributed by atoms with E-state index in [1.54, 1.807) is 18.3 Å². The van der Waals surface area contributed by atoms with Crippen molar-refractivity contribution < 1.29 is 29.4 Å². The van der Waals surface area contributed by atoms with Crippen LogP contribution < -0.4 is 27.0 Å². The molecular formula is C39H56N6O6. The standard InChI is InChI=1S/C39H56N6O6/c1-25(2)19-32(35(47)22-36(48)42-30(24-46)15-7-8-17-40)43-38(50)33(20-26(3)4)45-39(51)34(44-37(49)29-14-10-18-41-23-29)21-28-13-9-12-27-11-5-6-16-31(27)28/h5-6,9-14,16,18,23,25-26,30,32-35,46-47H,7-8,15,17,19-22,24,40H2,1-4H3,(H,42,48)(H,43,50)(H,44,49)(H,45,51)/t30-,32-,33-,34-,35-/m0/s1. The van der Waals surface area contributed by atoms with Gasteiger partial charge in [0.1, 0.15) is 12.1 Å². The number of nitrogens with two attached hydrogens (primary N) is 1. The molecule has 1 heterocycles. The molecule has 12 heteroatoms. The van der Waals surface area contributed by atoms with Crippen molar-refractivity contribution in [3.05, 3.63) is 78.1 Å². The molecule has 278 valence electrons. The topological polar surface area (TPSA) is 196 Å². The lowest BCUT2D eigenvalue weighted by atomic mass is 9.95. The van der Waals surface area contributed by atoms with E-state index in [2.05, 4.69) is 26.3 Å². The van der Waals surface area contributed by atoms with Crippen LogP contribution in [-0.4, -0.2) is 82.2 Å². The van der Waals surface area contributed by atoms with Crippen LogP contribution in [0.1, 0.15) is 82.1 Å². The first kappa shape index (κ1) is 41.0. The number of benzene rings is 2. The number of rotatable bonds is 21. The Labute approximate surface area is 301 Å². The van der Waals surface area contributed by atoms with E-state index in [-0.39, 0.29) is 31.3 Å². The highest BCUT2D eigenvalue weighted by atomic mass is 16.3. The monoisotopic (exact) mass is 704 g/mol. The summed E-state index contributed by atoms with van der Waals surface area (Å²) in [5, 5.41) is 34.2. The molecule has 0 fully saturated rings. The van der Waals surface area contributed by atoms with E-state index in [0.717, 1.165) is 29.2 Å². The number of aliphatic hydroxyl groups is 2. The second-order valence-electron chi connectivity index (χ2n) is 14.0. The fourth-order valence-electron chi connectivity index (χ4n) is 6.08. The van der Waals surface area contributed by atoms with Gasteiger partial charge in [-0.1, -0.05) is 76.6 Å². The molecular weight excluding hydrogens is 648 g/mol. The molecule has 8 N–H and O–H groups in total. The number of aromatic nitrogens is 1. The largest absolute Gasteiger partial charge is 0.394 e. The van der Waals surface area contributed by atoms with Crippen LogP contribution in [0.4, 0.5) is 0 Å². The highest BCUT2D eigenvalue weighted by molar-refractivity contribution is 5.98. The van der Waals surface area contributed by atoms with Crippen molar-refractivity contribution in [1.82, 2.24) is 26.3 Å². The lowest BCUT2D eigenvalue weighted by molar-refractivity contribution is -0.131. The van der Waals surface area contributed by atoms with Gasteiger partial charge in [-0.25, -0.2) is 0 Å². The average molecular weight is 705 g/mol. The molecule has 0 saturated heterocycles. The number of carbonyl (C=O) groups excluding carboxylic acids is 4. The summed E-state index contributed by atoms with van der Waals surface area (Å²) in [4.78, 5) is 58.1. The third-order valence-electron chi connectivity index (χ3n) is 8.69. The van der Waals surface area contributed by atoms with Gasteiger partial charge in [-0.05, 0) is 72.5 Å². The Morgan fingerprint density at radius 2 is 1.51 bits per heavy atom. The van der Waals surface area contributed by atoms with Gasteiger partial charge in [0.05, 0.1) is 36.8 Å². The van der Waals surface area contributed by atoms with E-state index in [0.29, 0.717) is 31.4 Å². The molecule has 0 saturated carbocycles. The van der Waals surface area contributed by atoms with E-state index in [4.69, 9.17) is 5.73 Å². The summed E-state index contributed by atoms with van der Waals surface area (Å²) in [6, 6.07) is 13.6. The van der Waals surface area contributed by atoms with Crippen LogP contribution in [-0.2, 0) is 20.8 Å². The third-order valence-corrected chi connectivity index (χ3v) is 8.69. The van der Waals surface area contributed by atoms with Crippen molar-refractivity contribution in [3.8, 4) is 0 Å². The maximum Gasteiger partial charge on any atom is 0.253 e. The van der Waals surface area contributed by atoms with Crippen LogP contribution in [0.3, 0.4) is 0 Å². The van der Waals surface area contributed by atoms with Gasteiger partial charge in [-0.2, -0.15) is 0 Å². The van der Waals surface area contributed by atoms with E-state index in [9.17, 15) is 29.4 Å². The molecule has 0 spiro atoms. The molecule has 0 aliphatic heterocycles. The number of amides is 4. The Hall–Kier alpha value is -4.39. The summed E-state index contributed by atoms with van der Waals surface area (Å²) < 4.78 is 0. The molecule has 0 radical (unpaired) electrons. The van der Waals surface area contributed by atoms with Gasteiger partial charge in [0.25, 0.3) is 5.91 Å². The predicted octanol–water partition coefficient (Wildman–Crippen LogP) is 2.99. The molecule has 0 aliphatic rings. The molecule has 4 amide bonds. The normalized spacial score (nSPS) is 14.4. The van der Waals surface area contributed by atoms with Crippen molar-refractivity contribution >= 4 is 34.4 Å². The van der Waals surface area contributed by atoms with Crippen molar-refractivity contribution in [2.45, 2.75) is 103 Å². The number of aliphatic hydroxyl groups excluding tert-OH is 2. The van der Waals surface area contributed by atoms with Crippen LogP contribution in [0.5, 0.6) is 0 Å². The van der Waals surface area contributed by atoms with Gasteiger partial charge in [-0.3, -0.25) is 24.2 Å². The Morgan fingerprint density at radius 1 is 0.804 bits per heavy atom. The first-order valence-corrected chi connectivity index (χ1v) is 18.0. The SMILES string of the molecule is CC(C)C[C@H](NC(=O)[C@H](Cc1cccc2ccccc12)NC(=O)c1cccnc1)C(=O)N[C@@H](CC(C)C)[C@@H](O)CC(=O)N[C@H](CO)CCCCN. The Morgan fingerprint density at radius 3 is 2.18 bits per heavy atom. The van der Waals surface area contributed by atoms with E-state index in [1.807, 2.05) is 70.2 Å². The molecule has 0 bridgehead atoms. The number of carbonyl (C=O) groups is 4. The smallest absolute Gasteiger partial charge is 0.253 e. The van der Waals surface area contributed by atoms with Crippen LogP contribution in [0.2, 0.25) is 0 Å². The van der Waals surface area contributed by atoms with E-state index in [1.165, 1.54) is 6.20 Å². The molecule has 3 rings (SSSR count). The number of fused-ring (bicyclic) bond motifs is 1. The lowest BCUT2D eigenvalue weighted by Gasteiger charge is -2.30. The zero-order valence-electron chi connectivity index (χ0n) is 30.3. The number of hydrogen-bond donors (Lipinski definition) is 7. The fraction of sp³-hybridized carbons (Fsp3) is 0.513. The molecule has 51 heavy (non-hydrogen) atoms. The highest BCUT2D eigenvalue weighted by Crippen LogP contribution is 2.21. The number of hydrogen-bond acceptors (Lipinski definition) is 8. The van der Waals surface area contributed by atoms with Gasteiger partial charge in [0, 0.05) is 18.8 Å². The summed E-state index contributed by atoms with van der Waals surface area (Å²) in [7, 11) is 0. The van der Waals surface area contributed by atoms with Crippen LogP contribution in [0, 0.1) is 11.8 Å². The summed E-state index contributed by atoms with van der Waals surface area (Å²) in [6.07, 6.45) is 4.40. The second kappa shape index (κ2) is 21.1. The predicted molar refractivity (Wildman–Crippen MR) is 198 cm³/mol.